The molecule has 0 fully saturated rings. The molecule has 0 amide bonds. The van der Waals surface area contributed by atoms with Crippen LogP contribution < -0.4 is 4.74 Å². The molecule has 0 spiro atoms. The lowest BCUT2D eigenvalue weighted by Crippen LogP contribution is -2.34. The molecule has 1 aromatic carbocycles. The van der Waals surface area contributed by atoms with Gasteiger partial charge < -0.3 is 4.74 Å². The first-order chi connectivity index (χ1) is 9.78. The molecule has 0 aliphatic carbocycles. The van der Waals surface area contributed by atoms with E-state index in [4.69, 9.17) is 10.00 Å². The first kappa shape index (κ1) is 17.3. The Morgan fingerprint density at radius 2 is 1.90 bits per heavy atom. The van der Waals surface area contributed by atoms with Gasteiger partial charge in [-0.2, -0.15) is 9.57 Å². The fraction of sp³-hybridized carbons (Fsp3) is 0.462. The van der Waals surface area contributed by atoms with Gasteiger partial charge in [-0.1, -0.05) is 0 Å². The molecular formula is C13H16F2N2O3S. The maximum absolute atomic E-state index is 12.3. The van der Waals surface area contributed by atoms with E-state index in [-0.39, 0.29) is 17.1 Å². The molecule has 0 saturated heterocycles. The number of benzene rings is 1. The Morgan fingerprint density at radius 3 is 2.38 bits per heavy atom. The van der Waals surface area contributed by atoms with Crippen LogP contribution in [0.1, 0.15) is 13.3 Å². The summed E-state index contributed by atoms with van der Waals surface area (Å²) in [5.74, 6) is 0.168. The lowest BCUT2D eigenvalue weighted by Gasteiger charge is -2.22. The zero-order chi connectivity index (χ0) is 16.0. The Labute approximate surface area is 122 Å². The van der Waals surface area contributed by atoms with Crippen molar-refractivity contribution in [2.24, 2.45) is 0 Å². The van der Waals surface area contributed by atoms with E-state index in [2.05, 4.69) is 0 Å². The summed E-state index contributed by atoms with van der Waals surface area (Å²) in [6.45, 7) is 0.881. The molecule has 0 saturated carbocycles. The Kier molecular flexibility index (Phi) is 6.05. The molecule has 1 rings (SSSR count). The van der Waals surface area contributed by atoms with E-state index in [1.165, 1.54) is 31.3 Å². The lowest BCUT2D eigenvalue weighted by atomic mass is 10.3. The minimum atomic E-state index is -3.73. The number of ether oxygens (including phenoxy) is 1. The van der Waals surface area contributed by atoms with E-state index < -0.39 is 29.1 Å². The van der Waals surface area contributed by atoms with Crippen LogP contribution in [0.2, 0.25) is 0 Å². The highest BCUT2D eigenvalue weighted by Crippen LogP contribution is 2.21. The van der Waals surface area contributed by atoms with Crippen LogP contribution in [0, 0.1) is 11.3 Å². The highest BCUT2D eigenvalue weighted by Gasteiger charge is 2.25. The summed E-state index contributed by atoms with van der Waals surface area (Å²) in [6, 6.07) is 6.65. The normalized spacial score (nSPS) is 13.2. The van der Waals surface area contributed by atoms with Crippen molar-refractivity contribution in [3.63, 3.8) is 0 Å². The van der Waals surface area contributed by atoms with E-state index in [1.54, 1.807) is 6.92 Å². The number of nitrogens with zero attached hydrogens (tertiary/aromatic N) is 2. The molecule has 1 aromatic rings. The van der Waals surface area contributed by atoms with Crippen LogP contribution in [0.25, 0.3) is 0 Å². The van der Waals surface area contributed by atoms with Gasteiger partial charge in [-0.05, 0) is 31.2 Å². The fourth-order valence-electron chi connectivity index (χ4n) is 1.53. The zero-order valence-electron chi connectivity index (χ0n) is 11.7. The highest BCUT2D eigenvalue weighted by atomic mass is 32.2. The van der Waals surface area contributed by atoms with Crippen LogP contribution >= 0.6 is 0 Å². The van der Waals surface area contributed by atoms with Crippen molar-refractivity contribution in [3.05, 3.63) is 24.3 Å². The second-order valence-corrected chi connectivity index (χ2v) is 6.40. The first-order valence-corrected chi connectivity index (χ1v) is 7.59. The molecule has 8 heteroatoms. The fourth-order valence-corrected chi connectivity index (χ4v) is 2.89. The topological polar surface area (TPSA) is 70.4 Å². The summed E-state index contributed by atoms with van der Waals surface area (Å²) in [5.41, 5.74) is 0. The van der Waals surface area contributed by atoms with Gasteiger partial charge in [-0.25, -0.2) is 17.2 Å². The molecule has 0 aliphatic heterocycles. The molecule has 21 heavy (non-hydrogen) atoms. The number of nitriles is 1. The van der Waals surface area contributed by atoms with Crippen LogP contribution in [-0.4, -0.2) is 38.8 Å². The van der Waals surface area contributed by atoms with Crippen molar-refractivity contribution < 1.29 is 21.9 Å². The molecule has 0 radical (unpaired) electrons. The van der Waals surface area contributed by atoms with E-state index in [0.29, 0.717) is 0 Å². The Balaban J connectivity index is 2.87. The molecule has 0 aliphatic rings. The quantitative estimate of drug-likeness (QED) is 0.773. The Morgan fingerprint density at radius 1 is 1.33 bits per heavy atom. The highest BCUT2D eigenvalue weighted by molar-refractivity contribution is 7.89. The van der Waals surface area contributed by atoms with Gasteiger partial charge in [-0.3, -0.25) is 0 Å². The minimum Gasteiger partial charge on any atom is -0.488 e. The number of alkyl halides is 2. The summed E-state index contributed by atoms with van der Waals surface area (Å²) in [5, 5.41) is 8.61. The SMILES string of the molecule is CC(CC#N)N(C)S(=O)(=O)c1ccc(OCC(F)F)cc1. The molecule has 5 nitrogen and oxygen atoms in total. The second-order valence-electron chi connectivity index (χ2n) is 4.41. The van der Waals surface area contributed by atoms with Crippen molar-refractivity contribution in [1.29, 1.82) is 5.26 Å². The van der Waals surface area contributed by atoms with Gasteiger partial charge in [-0.15, -0.1) is 0 Å². The molecule has 0 aromatic heterocycles. The zero-order valence-corrected chi connectivity index (χ0v) is 12.5. The maximum atomic E-state index is 12.3. The monoisotopic (exact) mass is 318 g/mol. The van der Waals surface area contributed by atoms with Crippen molar-refractivity contribution in [3.8, 4) is 11.8 Å². The Bertz CT molecular complexity index is 597. The van der Waals surface area contributed by atoms with Gasteiger partial charge in [0, 0.05) is 13.1 Å². The smallest absolute Gasteiger partial charge is 0.272 e. The van der Waals surface area contributed by atoms with Crippen LogP contribution in [0.5, 0.6) is 5.75 Å². The van der Waals surface area contributed by atoms with E-state index in [1.807, 2.05) is 6.07 Å². The number of halogens is 2. The Hall–Kier alpha value is -1.72. The predicted molar refractivity (Wildman–Crippen MR) is 72.6 cm³/mol. The summed E-state index contributed by atoms with van der Waals surface area (Å²) in [6.07, 6.45) is -2.52. The molecule has 1 unspecified atom stereocenters. The third-order valence-corrected chi connectivity index (χ3v) is 4.87. The standard InChI is InChI=1S/C13H16F2N2O3S/c1-10(7-8-16)17(2)21(18,19)12-5-3-11(4-6-12)20-9-13(14)15/h3-6,10,13H,7,9H2,1-2H3. The van der Waals surface area contributed by atoms with Gasteiger partial charge in [0.05, 0.1) is 17.4 Å². The molecule has 0 N–H and O–H groups in total. The molecule has 0 heterocycles. The minimum absolute atomic E-state index is 0.0131. The van der Waals surface area contributed by atoms with Crippen LogP contribution in [-0.2, 0) is 10.0 Å². The van der Waals surface area contributed by atoms with E-state index in [9.17, 15) is 17.2 Å². The third kappa shape index (κ3) is 4.65. The van der Waals surface area contributed by atoms with Gasteiger partial charge in [0.15, 0.2) is 0 Å². The third-order valence-electron chi connectivity index (χ3n) is 2.88. The largest absolute Gasteiger partial charge is 0.488 e. The number of hydrogen-bond donors (Lipinski definition) is 0. The second kappa shape index (κ2) is 7.33. The number of hydrogen-bond acceptors (Lipinski definition) is 4. The van der Waals surface area contributed by atoms with Gasteiger partial charge in [0.2, 0.25) is 10.0 Å². The maximum Gasteiger partial charge on any atom is 0.272 e. The van der Waals surface area contributed by atoms with Crippen molar-refractivity contribution in [1.82, 2.24) is 4.31 Å². The van der Waals surface area contributed by atoms with Gasteiger partial charge in [0.1, 0.15) is 12.4 Å². The predicted octanol–water partition coefficient (Wildman–Crippen LogP) is 2.25. The van der Waals surface area contributed by atoms with Crippen LogP contribution in [0.4, 0.5) is 8.78 Å². The van der Waals surface area contributed by atoms with Crippen molar-refractivity contribution in [2.45, 2.75) is 30.7 Å². The lowest BCUT2D eigenvalue weighted by molar-refractivity contribution is 0.0819. The van der Waals surface area contributed by atoms with Crippen LogP contribution in [0.15, 0.2) is 29.2 Å². The summed E-state index contributed by atoms with van der Waals surface area (Å²) in [4.78, 5) is 0.0131. The van der Waals surface area contributed by atoms with Gasteiger partial charge in [0.25, 0.3) is 6.43 Å². The van der Waals surface area contributed by atoms with E-state index >= 15 is 0 Å². The average molecular weight is 318 g/mol. The molecular weight excluding hydrogens is 302 g/mol. The summed E-state index contributed by atoms with van der Waals surface area (Å²) in [7, 11) is -2.34. The number of sulfonamides is 1. The van der Waals surface area contributed by atoms with Crippen molar-refractivity contribution >= 4 is 10.0 Å². The van der Waals surface area contributed by atoms with Crippen molar-refractivity contribution in [2.75, 3.05) is 13.7 Å². The summed E-state index contributed by atoms with van der Waals surface area (Å²) >= 11 is 0. The number of rotatable bonds is 7. The van der Waals surface area contributed by atoms with Crippen LogP contribution in [0.3, 0.4) is 0 Å². The molecule has 116 valence electrons. The first-order valence-electron chi connectivity index (χ1n) is 6.15. The molecule has 0 bridgehead atoms. The average Bonchev–Trinajstić information content (AvgIpc) is 2.45. The molecule has 1 atom stereocenters. The summed E-state index contributed by atoms with van der Waals surface area (Å²) < 4.78 is 54.5. The van der Waals surface area contributed by atoms with Gasteiger partial charge >= 0.3 is 0 Å². The van der Waals surface area contributed by atoms with E-state index in [0.717, 1.165) is 4.31 Å².